The Morgan fingerprint density at radius 1 is 0.500 bits per heavy atom. The van der Waals surface area contributed by atoms with Gasteiger partial charge in [-0.3, -0.25) is 9.98 Å². The van der Waals surface area contributed by atoms with Crippen molar-refractivity contribution in [3.8, 4) is 0 Å². The van der Waals surface area contributed by atoms with Crippen LogP contribution in [0.1, 0.15) is 142 Å². The largest absolute Gasteiger partial charge is 0.478 e. The minimum atomic E-state index is -1.26. The Bertz CT molecular complexity index is 1110. The summed E-state index contributed by atoms with van der Waals surface area (Å²) in [5, 5.41) is 17.9. The molecule has 2 aromatic rings. The molecular formula is C40H66N4O4. The monoisotopic (exact) mass is 667 g/mol. The number of carboxylic acids is 2. The summed E-state index contributed by atoms with van der Waals surface area (Å²) in [6.07, 6.45) is 36.6. The van der Waals surface area contributed by atoms with Gasteiger partial charge >= 0.3 is 11.9 Å². The minimum absolute atomic E-state index is 0.558. The normalized spacial score (nSPS) is 10.9. The van der Waals surface area contributed by atoms with Gasteiger partial charge < -0.3 is 19.3 Å². The Morgan fingerprint density at radius 3 is 1.10 bits per heavy atom. The van der Waals surface area contributed by atoms with Crippen molar-refractivity contribution in [1.29, 1.82) is 0 Å². The molecule has 2 aromatic heterocycles. The molecule has 0 bridgehead atoms. The fourth-order valence-electron chi connectivity index (χ4n) is 5.40. The Morgan fingerprint density at radius 2 is 0.792 bits per heavy atom. The highest BCUT2D eigenvalue weighted by atomic mass is 16.4. The van der Waals surface area contributed by atoms with Crippen molar-refractivity contribution in [3.63, 3.8) is 0 Å². The Kier molecular flexibility index (Phi) is 27.4. The molecule has 0 spiro atoms. The molecule has 0 atom stereocenters. The first kappa shape index (κ1) is 42.6. The van der Waals surface area contributed by atoms with Crippen molar-refractivity contribution in [3.05, 3.63) is 71.9 Å². The molecule has 0 saturated heterocycles. The van der Waals surface area contributed by atoms with Crippen molar-refractivity contribution in [2.75, 3.05) is 13.1 Å². The maximum Gasteiger partial charge on any atom is 0.328 e. The van der Waals surface area contributed by atoms with Crippen LogP contribution in [-0.4, -0.2) is 44.4 Å². The van der Waals surface area contributed by atoms with Crippen LogP contribution >= 0.6 is 0 Å². The van der Waals surface area contributed by atoms with Crippen LogP contribution in [0.3, 0.4) is 0 Å². The third-order valence-electron chi connectivity index (χ3n) is 8.31. The molecule has 0 aliphatic heterocycles. The highest BCUT2D eigenvalue weighted by Crippen LogP contribution is 2.10. The molecule has 0 radical (unpaired) electrons. The van der Waals surface area contributed by atoms with E-state index in [9.17, 15) is 9.59 Å². The lowest BCUT2D eigenvalue weighted by molar-refractivity contribution is -0.134. The van der Waals surface area contributed by atoms with E-state index in [1.165, 1.54) is 128 Å². The molecule has 8 heteroatoms. The van der Waals surface area contributed by atoms with Crippen LogP contribution < -0.4 is 10.7 Å². The van der Waals surface area contributed by atoms with Gasteiger partial charge in [0.05, 0.1) is 10.7 Å². The summed E-state index contributed by atoms with van der Waals surface area (Å²) in [7, 11) is 0. The second kappa shape index (κ2) is 30.9. The molecule has 0 aliphatic carbocycles. The molecule has 0 fully saturated rings. The van der Waals surface area contributed by atoms with Crippen LogP contribution in [0.15, 0.2) is 71.2 Å². The zero-order chi connectivity index (χ0) is 34.9. The summed E-state index contributed by atoms with van der Waals surface area (Å²) in [6.45, 7) is 8.74. The maximum absolute atomic E-state index is 9.55. The van der Waals surface area contributed by atoms with Crippen molar-refractivity contribution in [1.82, 2.24) is 9.13 Å². The van der Waals surface area contributed by atoms with Gasteiger partial charge in [-0.15, -0.1) is 0 Å². The number of carbonyl (C=O) groups is 2. The van der Waals surface area contributed by atoms with Crippen molar-refractivity contribution in [2.45, 2.75) is 155 Å². The van der Waals surface area contributed by atoms with E-state index in [2.05, 4.69) is 72.0 Å². The summed E-state index contributed by atoms with van der Waals surface area (Å²) in [6, 6.07) is 8.71. The number of carboxylic acid groups (broad SMARTS) is 2. The number of aliphatic carboxylic acids is 2. The number of hydrogen-bond donors (Lipinski definition) is 2. The van der Waals surface area contributed by atoms with Crippen LogP contribution in [0.25, 0.3) is 0 Å². The number of nitrogens with zero attached hydrogens (tertiary/aromatic N) is 4. The molecule has 2 rings (SSSR count). The summed E-state index contributed by atoms with van der Waals surface area (Å²) < 4.78 is 4.63. The van der Waals surface area contributed by atoms with Gasteiger partial charge in [-0.1, -0.05) is 117 Å². The van der Waals surface area contributed by atoms with Crippen LogP contribution in [0.5, 0.6) is 0 Å². The highest BCUT2D eigenvalue weighted by Gasteiger charge is 1.96. The SMILES string of the molecule is CCCCCCCCN=c1ccn(CCCCCCCCCCn2ccc(=NCCCCCCCC)cc2)cc1.O=C(O)/C=C/C(=O)O. The second-order valence-electron chi connectivity index (χ2n) is 12.7. The maximum atomic E-state index is 9.55. The Balaban J connectivity index is 0.00000127. The first-order valence-corrected chi connectivity index (χ1v) is 18.9. The molecule has 270 valence electrons. The average molecular weight is 667 g/mol. The number of rotatable bonds is 27. The molecule has 0 amide bonds. The van der Waals surface area contributed by atoms with Gasteiger partial charge in [0, 0.05) is 63.1 Å². The van der Waals surface area contributed by atoms with E-state index < -0.39 is 11.9 Å². The first-order valence-electron chi connectivity index (χ1n) is 18.9. The number of pyridine rings is 2. The summed E-state index contributed by atoms with van der Waals surface area (Å²) >= 11 is 0. The second-order valence-corrected chi connectivity index (χ2v) is 12.7. The molecule has 8 nitrogen and oxygen atoms in total. The molecule has 0 aliphatic rings. The first-order chi connectivity index (χ1) is 23.4. The summed E-state index contributed by atoms with van der Waals surface area (Å²) in [4.78, 5) is 28.6. The van der Waals surface area contributed by atoms with Crippen molar-refractivity contribution >= 4 is 11.9 Å². The molecule has 2 N–H and O–H groups in total. The van der Waals surface area contributed by atoms with E-state index in [-0.39, 0.29) is 0 Å². The lowest BCUT2D eigenvalue weighted by atomic mass is 10.1. The fraction of sp³-hybridized carbons (Fsp3) is 0.650. The molecule has 0 aromatic carbocycles. The quantitative estimate of drug-likeness (QED) is 0.0731. The third-order valence-corrected chi connectivity index (χ3v) is 8.31. The topological polar surface area (TPSA) is 109 Å². The van der Waals surface area contributed by atoms with Crippen LogP contribution in [0, 0.1) is 0 Å². The van der Waals surface area contributed by atoms with E-state index >= 15 is 0 Å². The third kappa shape index (κ3) is 26.6. The molecule has 0 saturated carbocycles. The van der Waals surface area contributed by atoms with E-state index in [0.29, 0.717) is 12.2 Å². The van der Waals surface area contributed by atoms with Gasteiger partial charge in [-0.05, 0) is 49.9 Å². The molecular weight excluding hydrogens is 600 g/mol. The van der Waals surface area contributed by atoms with Gasteiger partial charge in [-0.25, -0.2) is 9.59 Å². The molecule has 0 unspecified atom stereocenters. The highest BCUT2D eigenvalue weighted by molar-refractivity contribution is 5.89. The van der Waals surface area contributed by atoms with E-state index in [1.54, 1.807) is 0 Å². The van der Waals surface area contributed by atoms with Crippen molar-refractivity contribution in [2.24, 2.45) is 9.98 Å². The van der Waals surface area contributed by atoms with E-state index in [4.69, 9.17) is 20.2 Å². The van der Waals surface area contributed by atoms with Gasteiger partial charge in [0.2, 0.25) is 0 Å². The number of hydrogen-bond acceptors (Lipinski definition) is 4. The predicted octanol–water partition coefficient (Wildman–Crippen LogP) is 9.34. The standard InChI is InChI=1S/C36H62N4.C4H4O4/c1-3-5-7-9-15-19-27-37-35-23-31-39(32-24-35)29-21-17-13-11-12-14-18-22-30-40-33-25-36(26-34-40)38-28-20-16-10-8-6-4-2;5-3(6)1-2-4(7)8/h23-26,31-34H,3-22,27-30H2,1-2H3;1-2H,(H,5,6)(H,7,8)/b;2-1+. The number of unbranched alkanes of at least 4 members (excludes halogenated alkanes) is 17. The zero-order valence-corrected chi connectivity index (χ0v) is 30.2. The van der Waals surface area contributed by atoms with Crippen LogP contribution in [0.2, 0.25) is 0 Å². The van der Waals surface area contributed by atoms with Gasteiger partial charge in [0.1, 0.15) is 0 Å². The van der Waals surface area contributed by atoms with Crippen LogP contribution in [0.4, 0.5) is 0 Å². The lowest BCUT2D eigenvalue weighted by Gasteiger charge is -2.07. The van der Waals surface area contributed by atoms with E-state index in [0.717, 1.165) is 36.9 Å². The minimum Gasteiger partial charge on any atom is -0.478 e. The Labute approximate surface area is 290 Å². The lowest BCUT2D eigenvalue weighted by Crippen LogP contribution is -2.06. The summed E-state index contributed by atoms with van der Waals surface area (Å²) in [5.74, 6) is -2.51. The number of aromatic nitrogens is 2. The molecule has 2 heterocycles. The van der Waals surface area contributed by atoms with Gasteiger partial charge in [0.15, 0.2) is 0 Å². The van der Waals surface area contributed by atoms with Crippen LogP contribution in [-0.2, 0) is 22.7 Å². The van der Waals surface area contributed by atoms with Gasteiger partial charge in [-0.2, -0.15) is 0 Å². The van der Waals surface area contributed by atoms with E-state index in [1.807, 2.05) is 0 Å². The average Bonchev–Trinajstić information content (AvgIpc) is 3.09. The Hall–Kier alpha value is -3.42. The number of aryl methyl sites for hydroxylation is 2. The zero-order valence-electron chi connectivity index (χ0n) is 30.2. The van der Waals surface area contributed by atoms with Gasteiger partial charge in [0.25, 0.3) is 0 Å². The molecule has 48 heavy (non-hydrogen) atoms. The smallest absolute Gasteiger partial charge is 0.328 e. The predicted molar refractivity (Wildman–Crippen MR) is 198 cm³/mol. The fourth-order valence-corrected chi connectivity index (χ4v) is 5.40. The van der Waals surface area contributed by atoms with Crippen molar-refractivity contribution < 1.29 is 19.8 Å². The summed E-state index contributed by atoms with van der Waals surface area (Å²) in [5.41, 5.74) is 0.